The average Bonchev–Trinajstić information content (AvgIpc) is 1.68. The van der Waals surface area contributed by atoms with Gasteiger partial charge in [0.05, 0.1) is 26.0 Å². The lowest BCUT2D eigenvalue weighted by atomic mass is 10.0. The number of nitrogens with zero attached hydrogens (tertiary/aromatic N) is 4. The molecule has 0 saturated carbocycles. The number of phenols is 1. The molecule has 111 heavy (non-hydrogen) atoms. The van der Waals surface area contributed by atoms with E-state index in [-0.39, 0.29) is 128 Å². The Labute approximate surface area is 647 Å². The summed E-state index contributed by atoms with van der Waals surface area (Å²) in [6.07, 6.45) is -1.10. The zero-order chi connectivity index (χ0) is 80.8. The molecular weight excluding hydrogens is 1490 g/mol. The van der Waals surface area contributed by atoms with Crippen molar-refractivity contribution in [1.29, 1.82) is 0 Å². The summed E-state index contributed by atoms with van der Waals surface area (Å²) in [6, 6.07) is -7.24. The van der Waals surface area contributed by atoms with Gasteiger partial charge in [0.25, 0.3) is 0 Å². The molecule has 13 atom stereocenters. The summed E-state index contributed by atoms with van der Waals surface area (Å²) in [4.78, 5) is 239. The number of aliphatic hydroxyl groups excluding tert-OH is 1. The Morgan fingerprint density at radius 2 is 0.883 bits per heavy atom. The number of phenolic OH excluding ortho intramolecular Hbond substituents is 1. The number of hydrogen-bond donors (Lipinski definition) is 19. The van der Waals surface area contributed by atoms with E-state index >= 15 is 19.2 Å². The maximum atomic E-state index is 15.3. The third-order valence-corrected chi connectivity index (χ3v) is 21.7. The van der Waals surface area contributed by atoms with Crippen LogP contribution in [0.25, 0.3) is 0 Å². The Kier molecular flexibility index (Phi) is 34.7. The molecule has 2 aromatic carbocycles. The normalized spacial score (nSPS) is 26.7. The smallest absolute Gasteiger partial charge is 0.305 e. The molecule has 0 aliphatic carbocycles. The standard InChI is InChI=1S/C70H102N20O19S2/c71-24-6-4-14-42-59(99)85-48(35-91)62(102)80-43(15-5-7-25-72)67(107)90-29-11-19-53(90)69(109)89-28-10-18-52(89)66(106)82-45(32-54(73)93)61(101)87-50-37-111-110-36-49(63(103)81-44(60(100)79-42)30-39-20-22-40(92)23-21-39)86-58(98)41(16-8-26-76-70(74)75)78-55(94)34-77-57(97)46(33-56(95)96)83-65(105)51-17-9-27-88(51)68(108)47(84-64(50)104)31-38-12-2-1-3-13-38/h1-3,12-13,20-23,41-53,91-92H,4-11,14-19,24-37,71-72H2,(H2,73,93)(H,77,97)(H,78,94)(H,79,100)(H,80,102)(H,81,103)(H,82,106)(H,83,105)(H,84,104)(H,85,99)(H,86,98)(H,87,101)(H,95,96)(H4,74,75,76)/t41-,42-,43-,44-,45-,46-,47-,48-,49-,50-,51-,52-,53-/m0/s1. The molecule has 0 radical (unpaired) electrons. The molecule has 0 spiro atoms. The molecule has 5 heterocycles. The first-order chi connectivity index (χ1) is 53.1. The van der Waals surface area contributed by atoms with Gasteiger partial charge >= 0.3 is 5.97 Å². The van der Waals surface area contributed by atoms with E-state index in [1.807, 2.05) is 0 Å². The number of carboxylic acid groups (broad SMARTS) is 1. The van der Waals surface area contributed by atoms with E-state index < -0.39 is 217 Å². The third kappa shape index (κ3) is 26.7. The number of primary amides is 1. The van der Waals surface area contributed by atoms with Gasteiger partial charge < -0.3 is 117 Å². The first kappa shape index (κ1) is 87.8. The van der Waals surface area contributed by atoms with Gasteiger partial charge in [-0.15, -0.1) is 0 Å². The molecule has 5 saturated heterocycles. The van der Waals surface area contributed by atoms with Crippen molar-refractivity contribution in [2.45, 2.75) is 194 Å². The fraction of sp³-hybridized carbons (Fsp3) is 0.586. The summed E-state index contributed by atoms with van der Waals surface area (Å²) in [5.41, 5.74) is 29.4. The van der Waals surface area contributed by atoms with E-state index in [1.54, 1.807) is 30.3 Å². The van der Waals surface area contributed by atoms with Crippen LogP contribution in [0.2, 0.25) is 0 Å². The minimum atomic E-state index is -1.88. The summed E-state index contributed by atoms with van der Waals surface area (Å²) in [7, 11) is 1.58. The van der Waals surface area contributed by atoms with Crippen molar-refractivity contribution in [3.8, 4) is 5.75 Å². The van der Waals surface area contributed by atoms with Crippen molar-refractivity contribution >= 4 is 122 Å². The van der Waals surface area contributed by atoms with Gasteiger partial charge in [-0.3, -0.25) is 81.7 Å². The number of guanidine groups is 1. The lowest BCUT2D eigenvalue weighted by molar-refractivity contribution is -0.148. The summed E-state index contributed by atoms with van der Waals surface area (Å²) >= 11 is 0. The van der Waals surface area contributed by atoms with Crippen LogP contribution in [0.5, 0.6) is 5.75 Å². The maximum absolute atomic E-state index is 15.3. The first-order valence-electron chi connectivity index (χ1n) is 36.9. The van der Waals surface area contributed by atoms with Gasteiger partial charge in [-0.05, 0) is 126 Å². The molecule has 41 heteroatoms. The number of rotatable bonds is 21. The number of nitrogens with one attached hydrogen (secondary N) is 11. The van der Waals surface area contributed by atoms with E-state index in [1.165, 1.54) is 34.1 Å². The zero-order valence-electron chi connectivity index (χ0n) is 61.4. The van der Waals surface area contributed by atoms with Crippen LogP contribution >= 0.6 is 21.6 Å². The number of aliphatic imine (C=N–C) groups is 1. The maximum Gasteiger partial charge on any atom is 0.305 e. The van der Waals surface area contributed by atoms with Gasteiger partial charge in [-0.1, -0.05) is 64.1 Å². The number of hydrogen-bond acceptors (Lipinski definition) is 23. The molecule has 0 aromatic heterocycles. The number of fused-ring (bicyclic) bond motifs is 8. The van der Waals surface area contributed by atoms with Crippen LogP contribution in [0.1, 0.15) is 114 Å². The minimum Gasteiger partial charge on any atom is -0.508 e. The van der Waals surface area contributed by atoms with Crippen molar-refractivity contribution in [1.82, 2.24) is 73.2 Å². The summed E-state index contributed by atoms with van der Waals surface area (Å²) < 4.78 is 0. The summed E-state index contributed by atoms with van der Waals surface area (Å²) in [5, 5.41) is 59.0. The molecule has 608 valence electrons. The highest BCUT2D eigenvalue weighted by molar-refractivity contribution is 8.76. The summed E-state index contributed by atoms with van der Waals surface area (Å²) in [5.74, 6) is -18.3. The number of carboxylic acids is 1. The highest BCUT2D eigenvalue weighted by Gasteiger charge is 2.46. The van der Waals surface area contributed by atoms with E-state index in [4.69, 9.17) is 28.7 Å². The molecule has 24 N–H and O–H groups in total. The van der Waals surface area contributed by atoms with Crippen molar-refractivity contribution in [2.24, 2.45) is 33.7 Å². The van der Waals surface area contributed by atoms with E-state index in [2.05, 4.69) is 63.5 Å². The van der Waals surface area contributed by atoms with Crippen molar-refractivity contribution in [3.63, 3.8) is 0 Å². The first-order valence-corrected chi connectivity index (χ1v) is 39.4. The Balaban J connectivity index is 1.38. The molecule has 7 rings (SSSR count). The van der Waals surface area contributed by atoms with Crippen LogP contribution in [0.15, 0.2) is 59.6 Å². The van der Waals surface area contributed by atoms with Crippen LogP contribution < -0.4 is 87.2 Å². The van der Waals surface area contributed by atoms with Gasteiger partial charge in [0, 0.05) is 50.5 Å². The Morgan fingerprint density at radius 3 is 1.44 bits per heavy atom. The zero-order valence-corrected chi connectivity index (χ0v) is 63.0. The molecular formula is C70H102N20O19S2. The monoisotopic (exact) mass is 1590 g/mol. The van der Waals surface area contributed by atoms with Crippen LogP contribution in [-0.4, -0.2) is 273 Å². The fourth-order valence-electron chi connectivity index (χ4n) is 13.5. The molecule has 5 aliphatic rings. The van der Waals surface area contributed by atoms with Crippen LogP contribution in [0.3, 0.4) is 0 Å². The summed E-state index contributed by atoms with van der Waals surface area (Å²) in [6.45, 7) is -1.88. The van der Waals surface area contributed by atoms with E-state index in [0.717, 1.165) is 26.5 Å². The van der Waals surface area contributed by atoms with E-state index in [9.17, 15) is 72.9 Å². The minimum absolute atomic E-state index is 0.0151. The quantitative estimate of drug-likeness (QED) is 0.0239. The Morgan fingerprint density at radius 1 is 0.450 bits per heavy atom. The molecule has 0 unspecified atom stereocenters. The number of aromatic hydroxyl groups is 1. The van der Waals surface area contributed by atoms with Gasteiger partial charge in [-0.2, -0.15) is 0 Å². The van der Waals surface area contributed by atoms with Gasteiger partial charge in [0.2, 0.25) is 88.6 Å². The lowest BCUT2D eigenvalue weighted by Gasteiger charge is -2.33. The predicted octanol–water partition coefficient (Wildman–Crippen LogP) is -6.82. The van der Waals surface area contributed by atoms with Crippen molar-refractivity contribution < 1.29 is 92.0 Å². The Bertz CT molecular complexity index is 3690. The van der Waals surface area contributed by atoms with Crippen molar-refractivity contribution in [2.75, 3.05) is 63.9 Å². The van der Waals surface area contributed by atoms with Crippen LogP contribution in [0, 0.1) is 0 Å². The highest BCUT2D eigenvalue weighted by Crippen LogP contribution is 2.29. The number of carbonyl (C=O) groups is 16. The predicted molar refractivity (Wildman–Crippen MR) is 402 cm³/mol. The average molecular weight is 1590 g/mol. The van der Waals surface area contributed by atoms with E-state index in [0.29, 0.717) is 30.4 Å². The van der Waals surface area contributed by atoms with Crippen LogP contribution in [-0.2, 0) is 89.6 Å². The number of benzene rings is 2. The number of aliphatic carboxylic acids is 1. The third-order valence-electron chi connectivity index (χ3n) is 19.3. The Hall–Kier alpha value is -10.4. The van der Waals surface area contributed by atoms with Gasteiger partial charge in [-0.25, -0.2) is 0 Å². The van der Waals surface area contributed by atoms with Gasteiger partial charge in [0.15, 0.2) is 5.96 Å². The van der Waals surface area contributed by atoms with Crippen LogP contribution in [0.4, 0.5) is 0 Å². The van der Waals surface area contributed by atoms with Crippen molar-refractivity contribution in [3.05, 3.63) is 65.7 Å². The largest absolute Gasteiger partial charge is 0.508 e. The lowest BCUT2D eigenvalue weighted by Crippen LogP contribution is -2.61. The second kappa shape index (κ2) is 43.9. The molecule has 5 aliphatic heterocycles. The topological polar surface area (TPSA) is 618 Å². The molecule has 2 aromatic rings. The fourth-order valence-corrected chi connectivity index (χ4v) is 15.8. The highest BCUT2D eigenvalue weighted by atomic mass is 33.1. The number of carbonyl (C=O) groups excluding carboxylic acids is 15. The second-order valence-electron chi connectivity index (χ2n) is 27.6. The molecule has 2 bridgehead atoms. The number of unbranched alkanes of at least 4 members (excludes halogenated alkanes) is 2. The molecule has 15 amide bonds. The number of amides is 15. The number of aliphatic hydroxyl groups is 1. The SMILES string of the molecule is NCCCC[C@@H]1NC(=O)[C@H](Cc2ccc(O)cc2)NC(=O)[C@@H]2CSSC[C@H](NC(=O)[C@H](CC(N)=O)NC(=O)[C@@H]3CCCN3C(=O)[C@@H]3CCCN3C(=O)[C@H](CCCCN)NC(=O)[C@H](CO)NC1=O)C(=O)N[C@@H](Cc1ccccc1)C(=O)N1CCC[C@H]1C(=O)N[C@@H](CC(=O)O)C(=O)NCC(=O)N[C@@H](CCCN=C(N)N)C(=O)N2. The molecule has 39 nitrogen and oxygen atoms in total. The number of nitrogens with two attached hydrogens (primary N) is 5. The molecule has 5 fully saturated rings. The van der Waals surface area contributed by atoms with Gasteiger partial charge in [0.1, 0.15) is 84.3 Å². The second-order valence-corrected chi connectivity index (χ2v) is 30.1.